The van der Waals surface area contributed by atoms with E-state index in [0.29, 0.717) is 22.9 Å². The van der Waals surface area contributed by atoms with Crippen molar-refractivity contribution in [3.63, 3.8) is 0 Å². The van der Waals surface area contributed by atoms with Crippen LogP contribution >= 0.6 is 15.9 Å². The lowest BCUT2D eigenvalue weighted by Crippen LogP contribution is -2.35. The van der Waals surface area contributed by atoms with Crippen molar-refractivity contribution in [1.82, 2.24) is 5.32 Å². The third kappa shape index (κ3) is 4.77. The number of nitrogens with one attached hydrogen (secondary N) is 1. The predicted molar refractivity (Wildman–Crippen MR) is 79.0 cm³/mol. The standard InChI is InChI=1S/C15H21BrFNO/c1-11-2-4-12(5-3-11)18-8-9-19-13-6-7-15(17)14(16)10-13/h6-7,10-12,18H,2-5,8-9H2,1H3. The molecule has 4 heteroatoms. The first-order chi connectivity index (χ1) is 9.15. The molecule has 0 unspecified atom stereocenters. The average Bonchev–Trinajstić information content (AvgIpc) is 2.41. The first kappa shape index (κ1) is 14.8. The second-order valence-corrected chi connectivity index (χ2v) is 6.19. The van der Waals surface area contributed by atoms with Crippen LogP contribution in [0.25, 0.3) is 0 Å². The maximum absolute atomic E-state index is 13.0. The zero-order valence-electron chi connectivity index (χ0n) is 11.3. The molecule has 19 heavy (non-hydrogen) atoms. The molecule has 0 saturated heterocycles. The molecule has 0 atom stereocenters. The lowest BCUT2D eigenvalue weighted by molar-refractivity contribution is 0.270. The number of rotatable bonds is 5. The van der Waals surface area contributed by atoms with Gasteiger partial charge in [-0.2, -0.15) is 0 Å². The molecule has 1 aromatic carbocycles. The second kappa shape index (κ2) is 7.25. The van der Waals surface area contributed by atoms with E-state index in [-0.39, 0.29) is 5.82 Å². The fourth-order valence-corrected chi connectivity index (χ4v) is 2.82. The lowest BCUT2D eigenvalue weighted by Gasteiger charge is -2.27. The molecular weight excluding hydrogens is 309 g/mol. The Morgan fingerprint density at radius 1 is 1.32 bits per heavy atom. The van der Waals surface area contributed by atoms with Gasteiger partial charge in [-0.3, -0.25) is 0 Å². The van der Waals surface area contributed by atoms with Gasteiger partial charge in [0.1, 0.15) is 18.2 Å². The van der Waals surface area contributed by atoms with Crippen molar-refractivity contribution in [2.24, 2.45) is 5.92 Å². The normalized spacial score (nSPS) is 23.3. The highest BCUT2D eigenvalue weighted by molar-refractivity contribution is 9.10. The van der Waals surface area contributed by atoms with Crippen molar-refractivity contribution >= 4 is 15.9 Å². The zero-order chi connectivity index (χ0) is 13.7. The van der Waals surface area contributed by atoms with Gasteiger partial charge in [0.2, 0.25) is 0 Å². The van der Waals surface area contributed by atoms with Crippen LogP contribution in [0.4, 0.5) is 4.39 Å². The molecule has 0 aromatic heterocycles. The molecule has 0 amide bonds. The van der Waals surface area contributed by atoms with E-state index in [2.05, 4.69) is 28.2 Å². The lowest BCUT2D eigenvalue weighted by atomic mass is 9.87. The summed E-state index contributed by atoms with van der Waals surface area (Å²) in [7, 11) is 0. The Morgan fingerprint density at radius 3 is 2.74 bits per heavy atom. The summed E-state index contributed by atoms with van der Waals surface area (Å²) in [6, 6.07) is 5.37. The van der Waals surface area contributed by atoms with Crippen molar-refractivity contribution in [3.05, 3.63) is 28.5 Å². The quantitative estimate of drug-likeness (QED) is 0.820. The zero-order valence-corrected chi connectivity index (χ0v) is 12.9. The van der Waals surface area contributed by atoms with E-state index in [1.807, 2.05) is 0 Å². The van der Waals surface area contributed by atoms with Crippen LogP contribution in [0, 0.1) is 11.7 Å². The fraction of sp³-hybridized carbons (Fsp3) is 0.600. The van der Waals surface area contributed by atoms with Crippen molar-refractivity contribution in [2.75, 3.05) is 13.2 Å². The van der Waals surface area contributed by atoms with Gasteiger partial charge in [0.15, 0.2) is 0 Å². The molecule has 1 aliphatic carbocycles. The number of hydrogen-bond donors (Lipinski definition) is 1. The Morgan fingerprint density at radius 2 is 2.05 bits per heavy atom. The number of ether oxygens (including phenoxy) is 1. The second-order valence-electron chi connectivity index (χ2n) is 5.34. The molecule has 0 heterocycles. The van der Waals surface area contributed by atoms with E-state index in [4.69, 9.17) is 4.74 Å². The molecule has 1 aromatic rings. The van der Waals surface area contributed by atoms with Crippen LogP contribution in [0.1, 0.15) is 32.6 Å². The minimum Gasteiger partial charge on any atom is -0.492 e. The molecular formula is C15H21BrFNO. The topological polar surface area (TPSA) is 21.3 Å². The van der Waals surface area contributed by atoms with Gasteiger partial charge in [0.25, 0.3) is 0 Å². The molecule has 1 N–H and O–H groups in total. The Kier molecular flexibility index (Phi) is 5.64. The molecule has 0 spiro atoms. The highest BCUT2D eigenvalue weighted by Crippen LogP contribution is 2.23. The van der Waals surface area contributed by atoms with Gasteiger partial charge in [-0.05, 0) is 65.7 Å². The number of halogens is 2. The summed E-state index contributed by atoms with van der Waals surface area (Å²) in [5, 5.41) is 3.53. The highest BCUT2D eigenvalue weighted by Gasteiger charge is 2.17. The smallest absolute Gasteiger partial charge is 0.137 e. The van der Waals surface area contributed by atoms with E-state index in [9.17, 15) is 4.39 Å². The summed E-state index contributed by atoms with van der Waals surface area (Å²) in [5.74, 6) is 1.32. The van der Waals surface area contributed by atoms with Crippen molar-refractivity contribution < 1.29 is 9.13 Å². The summed E-state index contributed by atoms with van der Waals surface area (Å²) >= 11 is 3.15. The van der Waals surface area contributed by atoms with E-state index in [0.717, 1.165) is 12.5 Å². The van der Waals surface area contributed by atoms with Crippen LogP contribution < -0.4 is 10.1 Å². The van der Waals surface area contributed by atoms with Crippen molar-refractivity contribution in [2.45, 2.75) is 38.6 Å². The largest absolute Gasteiger partial charge is 0.492 e. The monoisotopic (exact) mass is 329 g/mol. The van der Waals surface area contributed by atoms with Gasteiger partial charge < -0.3 is 10.1 Å². The van der Waals surface area contributed by atoms with Gasteiger partial charge >= 0.3 is 0 Å². The summed E-state index contributed by atoms with van der Waals surface area (Å²) in [4.78, 5) is 0. The minimum atomic E-state index is -0.262. The Hall–Kier alpha value is -0.610. The summed E-state index contributed by atoms with van der Waals surface area (Å²) in [6.45, 7) is 3.78. The van der Waals surface area contributed by atoms with Gasteiger partial charge in [0.05, 0.1) is 4.47 Å². The maximum atomic E-state index is 13.0. The Bertz CT molecular complexity index is 405. The highest BCUT2D eigenvalue weighted by atomic mass is 79.9. The molecule has 2 nitrogen and oxygen atoms in total. The van der Waals surface area contributed by atoms with Crippen LogP contribution in [0.15, 0.2) is 22.7 Å². The van der Waals surface area contributed by atoms with Crippen molar-refractivity contribution in [3.8, 4) is 5.75 Å². The average molecular weight is 330 g/mol. The summed E-state index contributed by atoms with van der Waals surface area (Å²) < 4.78 is 19.1. The molecule has 0 aliphatic heterocycles. The molecule has 2 rings (SSSR count). The van der Waals surface area contributed by atoms with Gasteiger partial charge in [-0.25, -0.2) is 4.39 Å². The van der Waals surface area contributed by atoms with Gasteiger partial charge in [0, 0.05) is 12.6 Å². The SMILES string of the molecule is CC1CCC(NCCOc2ccc(F)c(Br)c2)CC1. The molecule has 1 aliphatic rings. The fourth-order valence-electron chi connectivity index (χ4n) is 2.46. The predicted octanol–water partition coefficient (Wildman–Crippen LogP) is 4.14. The molecule has 1 saturated carbocycles. The first-order valence-electron chi connectivity index (χ1n) is 6.96. The Balaban J connectivity index is 1.65. The van der Waals surface area contributed by atoms with Gasteiger partial charge in [-0.15, -0.1) is 0 Å². The summed E-state index contributed by atoms with van der Waals surface area (Å²) in [5.41, 5.74) is 0. The molecule has 0 bridgehead atoms. The number of hydrogen-bond acceptors (Lipinski definition) is 2. The first-order valence-corrected chi connectivity index (χ1v) is 7.75. The van der Waals surface area contributed by atoms with E-state index < -0.39 is 0 Å². The van der Waals surface area contributed by atoms with Crippen LogP contribution in [0.5, 0.6) is 5.75 Å². The Labute approximate surface area is 122 Å². The third-order valence-electron chi connectivity index (χ3n) is 3.71. The van der Waals surface area contributed by atoms with Crippen LogP contribution in [0.2, 0.25) is 0 Å². The van der Waals surface area contributed by atoms with E-state index >= 15 is 0 Å². The van der Waals surface area contributed by atoms with Crippen LogP contribution in [0.3, 0.4) is 0 Å². The molecule has 106 valence electrons. The molecule has 0 radical (unpaired) electrons. The van der Waals surface area contributed by atoms with E-state index in [1.165, 1.54) is 31.7 Å². The summed E-state index contributed by atoms with van der Waals surface area (Å²) in [6.07, 6.45) is 5.18. The van der Waals surface area contributed by atoms with Crippen LogP contribution in [-0.2, 0) is 0 Å². The van der Waals surface area contributed by atoms with Gasteiger partial charge in [-0.1, -0.05) is 6.92 Å². The maximum Gasteiger partial charge on any atom is 0.137 e. The number of benzene rings is 1. The van der Waals surface area contributed by atoms with Crippen molar-refractivity contribution in [1.29, 1.82) is 0 Å². The third-order valence-corrected chi connectivity index (χ3v) is 4.32. The van der Waals surface area contributed by atoms with Crippen LogP contribution in [-0.4, -0.2) is 19.2 Å². The molecule has 1 fully saturated rings. The minimum absolute atomic E-state index is 0.262. The van der Waals surface area contributed by atoms with E-state index in [1.54, 1.807) is 12.1 Å².